The van der Waals surface area contributed by atoms with Crippen molar-refractivity contribution >= 4 is 28.6 Å². The number of esters is 1. The van der Waals surface area contributed by atoms with Gasteiger partial charge in [-0.1, -0.05) is 6.92 Å². The molecule has 6 nitrogen and oxygen atoms in total. The number of nitrogens with zero attached hydrogens (tertiary/aromatic N) is 2. The lowest BCUT2D eigenvalue weighted by atomic mass is 9.86. The highest BCUT2D eigenvalue weighted by atomic mass is 32.2. The van der Waals surface area contributed by atoms with Crippen LogP contribution in [0.1, 0.15) is 47.3 Å². The minimum absolute atomic E-state index is 0.0304. The minimum atomic E-state index is -1.94. The molecule has 164 valence electrons. The van der Waals surface area contributed by atoms with E-state index in [1.807, 2.05) is 0 Å². The van der Waals surface area contributed by atoms with Gasteiger partial charge in [0.1, 0.15) is 18.6 Å². The van der Waals surface area contributed by atoms with E-state index >= 15 is 4.39 Å². The van der Waals surface area contributed by atoms with Gasteiger partial charge in [-0.3, -0.25) is 4.79 Å². The molecule has 0 spiro atoms. The number of carbonyl (C=O) groups is 1. The molecule has 3 aliphatic rings. The lowest BCUT2D eigenvalue weighted by Crippen LogP contribution is -2.44. The highest BCUT2D eigenvalue weighted by molar-refractivity contribution is 7.99. The number of hydrogen-bond acceptors (Lipinski definition) is 6. The Hall–Kier alpha value is -2.78. The SMILES string of the molecule is CC[C@@]1(O)C(=O)OCc2c1cc1n(c2=O)Cc2c-1nc1cc(F)c(C)c3c1c2C(F)CS3. The van der Waals surface area contributed by atoms with Crippen molar-refractivity contribution in [3.63, 3.8) is 0 Å². The van der Waals surface area contributed by atoms with Gasteiger partial charge in [0.25, 0.3) is 5.56 Å². The summed E-state index contributed by atoms with van der Waals surface area (Å²) < 4.78 is 36.4. The van der Waals surface area contributed by atoms with Crippen LogP contribution < -0.4 is 5.56 Å². The molecule has 6 rings (SSSR count). The van der Waals surface area contributed by atoms with Crippen LogP contribution in [-0.2, 0) is 28.3 Å². The van der Waals surface area contributed by atoms with Gasteiger partial charge in [0, 0.05) is 38.8 Å². The second-order valence-electron chi connectivity index (χ2n) is 8.44. The van der Waals surface area contributed by atoms with E-state index in [0.29, 0.717) is 43.9 Å². The summed E-state index contributed by atoms with van der Waals surface area (Å²) in [5, 5.41) is 11.6. The van der Waals surface area contributed by atoms with Crippen LogP contribution in [0.25, 0.3) is 22.3 Å². The molecule has 3 aliphatic heterocycles. The summed E-state index contributed by atoms with van der Waals surface area (Å²) in [5.74, 6) is -1.07. The van der Waals surface area contributed by atoms with Gasteiger partial charge in [-0.2, -0.15) is 0 Å². The summed E-state index contributed by atoms with van der Waals surface area (Å²) in [6.45, 7) is 3.19. The van der Waals surface area contributed by atoms with Gasteiger partial charge in [0.2, 0.25) is 0 Å². The zero-order chi connectivity index (χ0) is 22.5. The van der Waals surface area contributed by atoms with Crippen LogP contribution >= 0.6 is 11.8 Å². The molecular weight excluding hydrogens is 438 g/mol. The molecule has 5 heterocycles. The molecule has 0 bridgehead atoms. The third-order valence-corrected chi connectivity index (χ3v) is 8.11. The number of fused-ring (bicyclic) bond motifs is 5. The van der Waals surface area contributed by atoms with Crippen LogP contribution in [0.3, 0.4) is 0 Å². The van der Waals surface area contributed by atoms with Gasteiger partial charge in [0.15, 0.2) is 5.60 Å². The number of aromatic nitrogens is 2. The highest BCUT2D eigenvalue weighted by Gasteiger charge is 2.45. The molecule has 1 N–H and O–H groups in total. The van der Waals surface area contributed by atoms with E-state index in [9.17, 15) is 19.1 Å². The monoisotopic (exact) mass is 456 g/mol. The maximum atomic E-state index is 15.2. The number of cyclic esters (lactones) is 1. The first-order chi connectivity index (χ1) is 15.3. The molecule has 2 aromatic heterocycles. The van der Waals surface area contributed by atoms with Gasteiger partial charge in [0.05, 0.1) is 29.0 Å². The first-order valence-electron chi connectivity index (χ1n) is 10.4. The molecule has 1 aromatic carbocycles. The van der Waals surface area contributed by atoms with Crippen LogP contribution in [-0.4, -0.2) is 26.4 Å². The van der Waals surface area contributed by atoms with Crippen molar-refractivity contribution in [3.05, 3.63) is 56.1 Å². The number of thioether (sulfide) groups is 1. The van der Waals surface area contributed by atoms with Crippen molar-refractivity contribution < 1.29 is 23.4 Å². The Morgan fingerprint density at radius 2 is 2.12 bits per heavy atom. The van der Waals surface area contributed by atoms with Crippen LogP contribution in [0.2, 0.25) is 0 Å². The van der Waals surface area contributed by atoms with Crippen molar-refractivity contribution in [1.82, 2.24) is 9.55 Å². The van der Waals surface area contributed by atoms with E-state index in [4.69, 9.17) is 4.74 Å². The number of alkyl halides is 1. The highest BCUT2D eigenvalue weighted by Crippen LogP contribution is 2.49. The van der Waals surface area contributed by atoms with Crippen molar-refractivity contribution in [2.24, 2.45) is 0 Å². The van der Waals surface area contributed by atoms with Gasteiger partial charge in [-0.25, -0.2) is 18.6 Å². The van der Waals surface area contributed by atoms with Crippen LogP contribution in [0, 0.1) is 12.7 Å². The van der Waals surface area contributed by atoms with Crippen LogP contribution in [0.5, 0.6) is 0 Å². The Bertz CT molecular complexity index is 1450. The molecule has 32 heavy (non-hydrogen) atoms. The van der Waals surface area contributed by atoms with Crippen molar-refractivity contribution in [3.8, 4) is 11.4 Å². The fourth-order valence-electron chi connectivity index (χ4n) is 5.08. The Kier molecular flexibility index (Phi) is 3.97. The minimum Gasteiger partial charge on any atom is -0.458 e. The summed E-state index contributed by atoms with van der Waals surface area (Å²) in [5.41, 5.74) is 0.646. The summed E-state index contributed by atoms with van der Waals surface area (Å²) in [7, 11) is 0. The fourth-order valence-corrected chi connectivity index (χ4v) is 6.23. The van der Waals surface area contributed by atoms with Gasteiger partial charge < -0.3 is 14.4 Å². The number of rotatable bonds is 1. The number of ether oxygens (including phenoxy) is 1. The Morgan fingerprint density at radius 3 is 2.88 bits per heavy atom. The normalized spacial score (nSPS) is 23.0. The standard InChI is InChI=1S/C23H18F2N2O4S/c1-3-23(30)12-4-16-19-10(6-27(16)21(28)11(12)7-31-22(23)29)17-14(25)8-32-20-9(2)13(24)5-15(26-19)18(17)20/h4-5,14,30H,3,6-8H2,1-2H3/t14?,23-/m0/s1. The topological polar surface area (TPSA) is 81.4 Å². The molecule has 0 saturated heterocycles. The number of hydrogen-bond donors (Lipinski definition) is 1. The molecular formula is C23H18F2N2O4S. The van der Waals surface area contributed by atoms with Crippen LogP contribution in [0.15, 0.2) is 21.8 Å². The van der Waals surface area contributed by atoms with Crippen molar-refractivity contribution in [1.29, 1.82) is 0 Å². The number of benzene rings is 1. The summed E-state index contributed by atoms with van der Waals surface area (Å²) in [6.07, 6.45) is -1.25. The maximum absolute atomic E-state index is 15.2. The summed E-state index contributed by atoms with van der Waals surface area (Å²) >= 11 is 1.28. The zero-order valence-electron chi connectivity index (χ0n) is 17.3. The second-order valence-corrected chi connectivity index (χ2v) is 9.47. The predicted molar refractivity (Wildman–Crippen MR) is 114 cm³/mol. The van der Waals surface area contributed by atoms with E-state index in [0.717, 1.165) is 0 Å². The molecule has 0 saturated carbocycles. The number of carbonyl (C=O) groups excluding carboxylic acids is 1. The second kappa shape index (κ2) is 6.39. The fraction of sp³-hybridized carbons (Fsp3) is 0.348. The Labute approximate surface area is 185 Å². The van der Waals surface area contributed by atoms with Gasteiger partial charge >= 0.3 is 5.97 Å². The molecule has 0 amide bonds. The third-order valence-electron chi connectivity index (χ3n) is 6.85. The Balaban J connectivity index is 1.70. The maximum Gasteiger partial charge on any atom is 0.343 e. The lowest BCUT2D eigenvalue weighted by molar-refractivity contribution is -0.172. The third kappa shape index (κ3) is 2.30. The molecule has 0 aliphatic carbocycles. The van der Waals surface area contributed by atoms with Crippen molar-refractivity contribution in [2.75, 3.05) is 5.75 Å². The molecule has 0 fully saturated rings. The molecule has 9 heteroatoms. The zero-order valence-corrected chi connectivity index (χ0v) is 18.1. The lowest BCUT2D eigenvalue weighted by Gasteiger charge is -2.31. The number of halogens is 2. The Morgan fingerprint density at radius 1 is 1.34 bits per heavy atom. The average molecular weight is 456 g/mol. The van der Waals surface area contributed by atoms with E-state index in [-0.39, 0.29) is 36.5 Å². The predicted octanol–water partition coefficient (Wildman–Crippen LogP) is 3.64. The van der Waals surface area contributed by atoms with Crippen molar-refractivity contribution in [2.45, 2.75) is 50.1 Å². The van der Waals surface area contributed by atoms with Crippen LogP contribution in [0.4, 0.5) is 8.78 Å². The molecule has 2 atom stereocenters. The summed E-state index contributed by atoms with van der Waals surface area (Å²) in [6, 6.07) is 2.88. The van der Waals surface area contributed by atoms with E-state index in [1.54, 1.807) is 19.9 Å². The van der Waals surface area contributed by atoms with E-state index in [1.165, 1.54) is 22.4 Å². The quantitative estimate of drug-likeness (QED) is 0.441. The van der Waals surface area contributed by atoms with E-state index in [2.05, 4.69) is 4.98 Å². The average Bonchev–Trinajstić information content (AvgIpc) is 3.14. The first-order valence-corrected chi connectivity index (χ1v) is 11.3. The van der Waals surface area contributed by atoms with Gasteiger partial charge in [-0.05, 0) is 25.0 Å². The summed E-state index contributed by atoms with van der Waals surface area (Å²) in [4.78, 5) is 31.0. The molecule has 1 unspecified atom stereocenters. The molecule has 3 aromatic rings. The number of aliphatic hydroxyl groups is 1. The van der Waals surface area contributed by atoms with Gasteiger partial charge in [-0.15, -0.1) is 11.8 Å². The van der Waals surface area contributed by atoms with E-state index < -0.39 is 29.1 Å². The number of pyridine rings is 2. The first kappa shape index (κ1) is 19.9. The smallest absolute Gasteiger partial charge is 0.343 e. The molecule has 0 radical (unpaired) electrons. The largest absolute Gasteiger partial charge is 0.458 e.